The van der Waals surface area contributed by atoms with Gasteiger partial charge in [0.1, 0.15) is 17.1 Å². The van der Waals surface area contributed by atoms with Gasteiger partial charge in [0.2, 0.25) is 0 Å². The lowest BCUT2D eigenvalue weighted by molar-refractivity contribution is 0.207. The predicted octanol–water partition coefficient (Wildman–Crippen LogP) is 6.70. The Labute approximate surface area is 226 Å². The van der Waals surface area contributed by atoms with Gasteiger partial charge in [0.15, 0.2) is 0 Å². The van der Waals surface area contributed by atoms with Crippen molar-refractivity contribution in [3.8, 4) is 16.9 Å². The molecule has 1 atom stereocenters. The molecule has 5 aromatic rings. The first-order chi connectivity index (χ1) is 19.0. The van der Waals surface area contributed by atoms with E-state index in [1.165, 1.54) is 0 Å². The molecule has 200 valence electrons. The van der Waals surface area contributed by atoms with E-state index in [9.17, 15) is 9.36 Å². The van der Waals surface area contributed by atoms with Crippen LogP contribution in [-0.4, -0.2) is 23.0 Å². The number of benzene rings is 3. The fourth-order valence-electron chi connectivity index (χ4n) is 4.49. The third-order valence-electron chi connectivity index (χ3n) is 6.23. The molecule has 1 N–H and O–H groups in total. The lowest BCUT2D eigenvalue weighted by atomic mass is 10.1. The maximum absolute atomic E-state index is 14.3. The van der Waals surface area contributed by atoms with E-state index in [4.69, 9.17) is 18.6 Å². The molecule has 8 nitrogen and oxygen atoms in total. The maximum Gasteiger partial charge on any atom is 0.352 e. The van der Waals surface area contributed by atoms with Crippen LogP contribution in [0.1, 0.15) is 30.8 Å². The van der Waals surface area contributed by atoms with Gasteiger partial charge in [0, 0.05) is 23.7 Å². The number of para-hydroxylation sites is 2. The zero-order chi connectivity index (χ0) is 27.2. The minimum absolute atomic E-state index is 0.182. The summed E-state index contributed by atoms with van der Waals surface area (Å²) in [4.78, 5) is 13.3. The summed E-state index contributed by atoms with van der Waals surface area (Å²) in [5.41, 5.74) is 2.79. The molecule has 2 aromatic heterocycles. The normalized spacial score (nSPS) is 12.6. The Morgan fingerprint density at radius 3 is 2.26 bits per heavy atom. The van der Waals surface area contributed by atoms with Crippen LogP contribution < -0.4 is 10.9 Å². The summed E-state index contributed by atoms with van der Waals surface area (Å²) in [5, 5.41) is 8.96. The van der Waals surface area contributed by atoms with E-state index in [1.54, 1.807) is 36.9 Å². The van der Waals surface area contributed by atoms with Crippen molar-refractivity contribution in [3.63, 3.8) is 0 Å². The molecule has 0 bridgehead atoms. The van der Waals surface area contributed by atoms with Gasteiger partial charge >= 0.3 is 13.2 Å². The molecule has 0 fully saturated rings. The molecule has 0 amide bonds. The Morgan fingerprint density at radius 1 is 0.923 bits per heavy atom. The molecule has 0 aliphatic rings. The van der Waals surface area contributed by atoms with Gasteiger partial charge in [-0.15, -0.1) is 0 Å². The van der Waals surface area contributed by atoms with Gasteiger partial charge in [-0.2, -0.15) is 5.10 Å². The standard InChI is InChI=1S/C30H30N3O5P/c1-3-36-39(35,37-4-2)29(31-20-22-13-7-5-8-14-22)26-21-33(24-16-9-6-10-17-24)32-28(26)25-19-23-15-11-12-18-27(23)38-30(25)34/h5-19,21,29,31H,3-4,20H2,1-2H3/t29-/m1/s1. The smallest absolute Gasteiger partial charge is 0.352 e. The third kappa shape index (κ3) is 5.79. The molecule has 0 spiro atoms. The van der Waals surface area contributed by atoms with E-state index in [0.717, 1.165) is 16.6 Å². The Bertz CT molecular complexity index is 1640. The molecular formula is C30H30N3O5P. The SMILES string of the molecule is CCOP(=O)(OCC)[C@@H](NCc1ccccc1)c1cn(-c2ccccc2)nc1-c1cc2ccccc2oc1=O. The molecule has 2 heterocycles. The molecule has 0 unspecified atom stereocenters. The van der Waals surface area contributed by atoms with Crippen LogP contribution in [0.4, 0.5) is 0 Å². The molecular weight excluding hydrogens is 513 g/mol. The van der Waals surface area contributed by atoms with Crippen molar-refractivity contribution in [3.05, 3.63) is 119 Å². The number of fused-ring (bicyclic) bond motifs is 1. The van der Waals surface area contributed by atoms with Crippen LogP contribution in [-0.2, 0) is 20.2 Å². The van der Waals surface area contributed by atoms with Crippen LogP contribution >= 0.6 is 7.60 Å². The number of rotatable bonds is 11. The molecule has 3 aromatic carbocycles. The first kappa shape index (κ1) is 26.8. The number of aromatic nitrogens is 2. The minimum atomic E-state index is -3.77. The van der Waals surface area contributed by atoms with E-state index in [-0.39, 0.29) is 18.8 Å². The van der Waals surface area contributed by atoms with Gasteiger partial charge in [-0.25, -0.2) is 9.48 Å². The van der Waals surface area contributed by atoms with E-state index >= 15 is 0 Å². The Balaban J connectivity index is 1.72. The first-order valence-corrected chi connectivity index (χ1v) is 14.5. The first-order valence-electron chi connectivity index (χ1n) is 12.9. The van der Waals surface area contributed by atoms with Crippen LogP contribution in [0.15, 0.2) is 106 Å². The zero-order valence-electron chi connectivity index (χ0n) is 21.8. The molecule has 39 heavy (non-hydrogen) atoms. The maximum atomic E-state index is 14.3. The van der Waals surface area contributed by atoms with Crippen molar-refractivity contribution in [1.29, 1.82) is 0 Å². The summed E-state index contributed by atoms with van der Waals surface area (Å²) >= 11 is 0. The number of nitrogens with zero attached hydrogens (tertiary/aromatic N) is 2. The molecule has 0 radical (unpaired) electrons. The molecule has 5 rings (SSSR count). The highest BCUT2D eigenvalue weighted by atomic mass is 31.2. The summed E-state index contributed by atoms with van der Waals surface area (Å²) in [6, 6.07) is 28.3. The average Bonchev–Trinajstić information content (AvgIpc) is 3.39. The van der Waals surface area contributed by atoms with Gasteiger partial charge in [0.05, 0.1) is 24.5 Å². The second-order valence-electron chi connectivity index (χ2n) is 8.84. The van der Waals surface area contributed by atoms with Crippen LogP contribution in [0.25, 0.3) is 27.9 Å². The number of nitrogens with one attached hydrogen (secondary N) is 1. The van der Waals surface area contributed by atoms with Gasteiger partial charge in [0.25, 0.3) is 0 Å². The third-order valence-corrected chi connectivity index (χ3v) is 8.56. The zero-order valence-corrected chi connectivity index (χ0v) is 22.7. The van der Waals surface area contributed by atoms with E-state index in [1.807, 2.05) is 78.9 Å². The van der Waals surface area contributed by atoms with E-state index < -0.39 is 19.0 Å². The second kappa shape index (κ2) is 11.9. The second-order valence-corrected chi connectivity index (χ2v) is 11.0. The van der Waals surface area contributed by atoms with Crippen molar-refractivity contribution < 1.29 is 18.0 Å². The molecule has 9 heteroatoms. The number of hydrogen-bond acceptors (Lipinski definition) is 7. The van der Waals surface area contributed by atoms with E-state index in [2.05, 4.69) is 5.32 Å². The fraction of sp³-hybridized carbons (Fsp3) is 0.200. The van der Waals surface area contributed by atoms with Crippen LogP contribution in [0.2, 0.25) is 0 Å². The Morgan fingerprint density at radius 2 is 1.56 bits per heavy atom. The monoisotopic (exact) mass is 543 g/mol. The largest absolute Gasteiger partial charge is 0.422 e. The number of hydrogen-bond donors (Lipinski definition) is 1. The van der Waals surface area contributed by atoms with E-state index in [0.29, 0.717) is 23.4 Å². The topological polar surface area (TPSA) is 95.6 Å². The quantitative estimate of drug-likeness (QED) is 0.146. The lowest BCUT2D eigenvalue weighted by Crippen LogP contribution is -2.24. The highest BCUT2D eigenvalue weighted by Gasteiger charge is 2.40. The molecule has 0 aliphatic heterocycles. The van der Waals surface area contributed by atoms with Crippen molar-refractivity contribution in [2.75, 3.05) is 13.2 Å². The van der Waals surface area contributed by atoms with Gasteiger partial charge in [-0.1, -0.05) is 66.7 Å². The summed E-state index contributed by atoms with van der Waals surface area (Å²) < 4.78 is 33.3. The Kier molecular flexibility index (Phi) is 8.19. The van der Waals surface area contributed by atoms with Crippen molar-refractivity contribution in [1.82, 2.24) is 15.1 Å². The molecule has 0 aliphatic carbocycles. The predicted molar refractivity (Wildman–Crippen MR) is 152 cm³/mol. The van der Waals surface area contributed by atoms with Crippen LogP contribution in [0.5, 0.6) is 0 Å². The van der Waals surface area contributed by atoms with Gasteiger partial charge in [-0.05, 0) is 43.7 Å². The van der Waals surface area contributed by atoms with Crippen molar-refractivity contribution >= 4 is 18.6 Å². The van der Waals surface area contributed by atoms with Crippen molar-refractivity contribution in [2.45, 2.75) is 26.2 Å². The van der Waals surface area contributed by atoms with Crippen LogP contribution in [0.3, 0.4) is 0 Å². The molecule has 0 saturated heterocycles. The summed E-state index contributed by atoms with van der Waals surface area (Å²) in [6.07, 6.45) is 1.77. The minimum Gasteiger partial charge on any atom is -0.422 e. The fourth-order valence-corrected chi connectivity index (χ4v) is 6.42. The lowest BCUT2D eigenvalue weighted by Gasteiger charge is -2.27. The summed E-state index contributed by atoms with van der Waals surface area (Å²) in [6.45, 7) is 4.29. The summed E-state index contributed by atoms with van der Waals surface area (Å²) in [7, 11) is -3.77. The highest BCUT2D eigenvalue weighted by Crippen LogP contribution is 2.60. The van der Waals surface area contributed by atoms with Gasteiger partial charge < -0.3 is 13.5 Å². The Hall–Kier alpha value is -3.81. The highest BCUT2D eigenvalue weighted by molar-refractivity contribution is 7.54. The average molecular weight is 544 g/mol. The van der Waals surface area contributed by atoms with Gasteiger partial charge in [-0.3, -0.25) is 9.88 Å². The molecule has 0 saturated carbocycles. The van der Waals surface area contributed by atoms with Crippen molar-refractivity contribution in [2.24, 2.45) is 0 Å². The summed E-state index contributed by atoms with van der Waals surface area (Å²) in [5.74, 6) is -0.920. The van der Waals surface area contributed by atoms with Crippen LogP contribution in [0, 0.1) is 0 Å².